The second kappa shape index (κ2) is 9.35. The number of hydrogen-bond donors (Lipinski definition) is 1. The van der Waals surface area contributed by atoms with Crippen LogP contribution in [-0.2, 0) is 9.59 Å². The van der Waals surface area contributed by atoms with Crippen LogP contribution in [-0.4, -0.2) is 48.1 Å². The van der Waals surface area contributed by atoms with Gasteiger partial charge in [-0.3, -0.25) is 9.59 Å². The van der Waals surface area contributed by atoms with Gasteiger partial charge in [-0.2, -0.15) is 0 Å². The van der Waals surface area contributed by atoms with Gasteiger partial charge in [-0.25, -0.2) is 4.90 Å². The Balaban J connectivity index is 1.79. The molecule has 2 aromatic carbocycles. The molecule has 0 aliphatic carbocycles. The van der Waals surface area contributed by atoms with E-state index in [1.54, 1.807) is 18.2 Å². The van der Waals surface area contributed by atoms with Crippen LogP contribution in [0.1, 0.15) is 31.7 Å². The summed E-state index contributed by atoms with van der Waals surface area (Å²) in [5.74, 6) is -0.0677. The molecule has 2 aliphatic rings. The van der Waals surface area contributed by atoms with Crippen LogP contribution in [0.4, 0.5) is 5.69 Å². The van der Waals surface area contributed by atoms with Gasteiger partial charge < -0.3 is 14.7 Å². The third kappa shape index (κ3) is 4.08. The zero-order chi connectivity index (χ0) is 21.8. The molecule has 31 heavy (non-hydrogen) atoms. The van der Waals surface area contributed by atoms with Gasteiger partial charge in [0.2, 0.25) is 0 Å². The molecule has 1 fully saturated rings. The lowest BCUT2D eigenvalue weighted by Gasteiger charge is -2.34. The standard InChI is InChI=1S/C25H28N2O4/c1-2-15-31-21-13-7-6-12-20(21)27-24(29)22(19-10-4-3-5-11-19)23(25(27)30)26-14-8-9-18(16-26)17-28/h3-7,10-13,18,28H,2,8-9,14-17H2,1H3. The van der Waals surface area contributed by atoms with E-state index in [0.717, 1.165) is 24.8 Å². The van der Waals surface area contributed by atoms with Crippen molar-refractivity contribution >= 4 is 23.1 Å². The first kappa shape index (κ1) is 21.1. The minimum absolute atomic E-state index is 0.0734. The Labute approximate surface area is 182 Å². The normalized spacial score (nSPS) is 19.4. The fourth-order valence-electron chi connectivity index (χ4n) is 4.29. The van der Waals surface area contributed by atoms with E-state index in [1.165, 1.54) is 4.90 Å². The molecule has 2 aromatic rings. The molecule has 1 saturated heterocycles. The number of aliphatic hydroxyl groups is 1. The molecule has 2 heterocycles. The maximum atomic E-state index is 13.7. The van der Waals surface area contributed by atoms with Crippen molar-refractivity contribution in [3.63, 3.8) is 0 Å². The summed E-state index contributed by atoms with van der Waals surface area (Å²) in [7, 11) is 0. The molecule has 4 rings (SSSR count). The molecule has 2 aliphatic heterocycles. The molecule has 6 nitrogen and oxygen atoms in total. The number of anilines is 1. The van der Waals surface area contributed by atoms with Gasteiger partial charge in [0.15, 0.2) is 0 Å². The van der Waals surface area contributed by atoms with Crippen LogP contribution in [0.5, 0.6) is 5.75 Å². The lowest BCUT2D eigenvalue weighted by molar-refractivity contribution is -0.120. The Morgan fingerprint density at radius 3 is 2.52 bits per heavy atom. The Bertz CT molecular complexity index is 986. The fraction of sp³-hybridized carbons (Fsp3) is 0.360. The van der Waals surface area contributed by atoms with Gasteiger partial charge in [0.1, 0.15) is 11.4 Å². The molecule has 0 spiro atoms. The third-order valence-electron chi connectivity index (χ3n) is 5.78. The van der Waals surface area contributed by atoms with Crippen LogP contribution in [0.3, 0.4) is 0 Å². The molecule has 1 atom stereocenters. The number of amides is 2. The molecule has 162 valence electrons. The molecule has 1 N–H and O–H groups in total. The Morgan fingerprint density at radius 2 is 1.77 bits per heavy atom. The zero-order valence-corrected chi connectivity index (χ0v) is 17.8. The zero-order valence-electron chi connectivity index (χ0n) is 17.8. The molecule has 0 saturated carbocycles. The van der Waals surface area contributed by atoms with Gasteiger partial charge in [-0.05, 0) is 42.9 Å². The number of carbonyl (C=O) groups excluding carboxylic acids is 2. The highest BCUT2D eigenvalue weighted by atomic mass is 16.5. The van der Waals surface area contributed by atoms with Crippen molar-refractivity contribution in [2.75, 3.05) is 31.2 Å². The number of hydrogen-bond acceptors (Lipinski definition) is 5. The maximum Gasteiger partial charge on any atom is 0.282 e. The number of ether oxygens (including phenoxy) is 1. The van der Waals surface area contributed by atoms with Gasteiger partial charge in [-0.1, -0.05) is 49.4 Å². The SMILES string of the molecule is CCCOc1ccccc1N1C(=O)C(c2ccccc2)=C(N2CCCC(CO)C2)C1=O. The topological polar surface area (TPSA) is 70.1 Å². The van der Waals surface area contributed by atoms with Gasteiger partial charge in [0, 0.05) is 19.7 Å². The number of piperidine rings is 1. The highest BCUT2D eigenvalue weighted by Gasteiger charge is 2.44. The Hall–Kier alpha value is -3.12. The molecule has 1 unspecified atom stereocenters. The number of carbonyl (C=O) groups is 2. The van der Waals surface area contributed by atoms with Gasteiger partial charge in [0.05, 0.1) is 17.9 Å². The minimum atomic E-state index is -0.343. The quantitative estimate of drug-likeness (QED) is 0.695. The summed E-state index contributed by atoms with van der Waals surface area (Å²) in [6, 6.07) is 16.5. The summed E-state index contributed by atoms with van der Waals surface area (Å²) in [6.45, 7) is 3.83. The molecule has 0 aromatic heterocycles. The van der Waals surface area contributed by atoms with E-state index < -0.39 is 0 Å². The average Bonchev–Trinajstić information content (AvgIpc) is 3.08. The second-order valence-corrected chi connectivity index (χ2v) is 7.99. The van der Waals surface area contributed by atoms with Crippen molar-refractivity contribution in [2.45, 2.75) is 26.2 Å². The third-order valence-corrected chi connectivity index (χ3v) is 5.78. The summed E-state index contributed by atoms with van der Waals surface area (Å²) in [4.78, 5) is 30.6. The van der Waals surface area contributed by atoms with Crippen LogP contribution < -0.4 is 9.64 Å². The number of rotatable bonds is 7. The van der Waals surface area contributed by atoms with Crippen LogP contribution in [0, 0.1) is 5.92 Å². The van der Waals surface area contributed by atoms with Crippen molar-refractivity contribution in [1.29, 1.82) is 0 Å². The van der Waals surface area contributed by atoms with Crippen molar-refractivity contribution in [1.82, 2.24) is 4.90 Å². The number of imide groups is 1. The van der Waals surface area contributed by atoms with Gasteiger partial charge in [0.25, 0.3) is 11.8 Å². The maximum absolute atomic E-state index is 13.7. The minimum Gasteiger partial charge on any atom is -0.491 e. The van der Waals surface area contributed by atoms with Crippen LogP contribution >= 0.6 is 0 Å². The first-order valence-electron chi connectivity index (χ1n) is 10.9. The number of likely N-dealkylation sites (tertiary alicyclic amines) is 1. The van der Waals surface area contributed by atoms with Crippen molar-refractivity contribution < 1.29 is 19.4 Å². The highest BCUT2D eigenvalue weighted by molar-refractivity contribution is 6.45. The predicted molar refractivity (Wildman–Crippen MR) is 119 cm³/mol. The van der Waals surface area contributed by atoms with E-state index in [9.17, 15) is 14.7 Å². The molecule has 6 heteroatoms. The molecular weight excluding hydrogens is 392 g/mol. The first-order valence-corrected chi connectivity index (χ1v) is 10.9. The smallest absolute Gasteiger partial charge is 0.282 e. The first-order chi connectivity index (χ1) is 15.2. The van der Waals surface area contributed by atoms with Crippen molar-refractivity contribution in [2.24, 2.45) is 5.92 Å². The van der Waals surface area contributed by atoms with E-state index >= 15 is 0 Å². The van der Waals surface area contributed by atoms with E-state index in [0.29, 0.717) is 42.4 Å². The number of nitrogens with zero attached hydrogens (tertiary/aromatic N) is 2. The van der Waals surface area contributed by atoms with E-state index in [-0.39, 0.29) is 24.3 Å². The Morgan fingerprint density at radius 1 is 1.03 bits per heavy atom. The lowest BCUT2D eigenvalue weighted by Crippen LogP contribution is -2.40. The molecule has 0 radical (unpaired) electrons. The predicted octanol–water partition coefficient (Wildman–Crippen LogP) is 3.46. The fourth-order valence-corrected chi connectivity index (χ4v) is 4.29. The largest absolute Gasteiger partial charge is 0.491 e. The number of aliphatic hydroxyl groups excluding tert-OH is 1. The van der Waals surface area contributed by atoms with E-state index in [4.69, 9.17) is 4.74 Å². The Kier molecular flexibility index (Phi) is 6.37. The summed E-state index contributed by atoms with van der Waals surface area (Å²) in [6.07, 6.45) is 2.61. The summed E-state index contributed by atoms with van der Waals surface area (Å²) >= 11 is 0. The number of benzene rings is 2. The van der Waals surface area contributed by atoms with Crippen LogP contribution in [0.15, 0.2) is 60.3 Å². The van der Waals surface area contributed by atoms with Crippen LogP contribution in [0.25, 0.3) is 5.57 Å². The second-order valence-electron chi connectivity index (χ2n) is 7.99. The molecule has 0 bridgehead atoms. The van der Waals surface area contributed by atoms with Crippen LogP contribution in [0.2, 0.25) is 0 Å². The van der Waals surface area contributed by atoms with Gasteiger partial charge >= 0.3 is 0 Å². The molecule has 2 amide bonds. The van der Waals surface area contributed by atoms with Crippen molar-refractivity contribution in [3.05, 3.63) is 65.9 Å². The van der Waals surface area contributed by atoms with E-state index in [1.807, 2.05) is 48.2 Å². The summed E-state index contributed by atoms with van der Waals surface area (Å²) in [5.41, 5.74) is 2.01. The monoisotopic (exact) mass is 420 g/mol. The average molecular weight is 421 g/mol. The number of para-hydroxylation sites is 2. The van der Waals surface area contributed by atoms with Gasteiger partial charge in [-0.15, -0.1) is 0 Å². The summed E-state index contributed by atoms with van der Waals surface area (Å²) in [5, 5.41) is 9.68. The van der Waals surface area contributed by atoms with E-state index in [2.05, 4.69) is 0 Å². The molecular formula is C25H28N2O4. The lowest BCUT2D eigenvalue weighted by atomic mass is 9.97. The summed E-state index contributed by atoms with van der Waals surface area (Å²) < 4.78 is 5.84. The highest BCUT2D eigenvalue weighted by Crippen LogP contribution is 2.39. The van der Waals surface area contributed by atoms with Crippen molar-refractivity contribution in [3.8, 4) is 5.75 Å².